The first-order valence-corrected chi connectivity index (χ1v) is 8.22. The first-order chi connectivity index (χ1) is 9.75. The number of carbonyl (C=O) groups excluding carboxylic acids is 1. The van der Waals surface area contributed by atoms with Crippen molar-refractivity contribution in [2.45, 2.75) is 20.0 Å². The maximum Gasteiger partial charge on any atom is 0.422 e. The standard InChI is InChI=1S/C11H14N4O4S2/c1-6(2)19-11(16)15-21(17,18)14-10-13-8-4-3-7(12)5-9(8)20-10/h3-6H,12H2,1-2H3,(H,13,14)(H,15,16). The maximum absolute atomic E-state index is 11.8. The predicted octanol–water partition coefficient (Wildman–Crippen LogP) is 1.67. The van der Waals surface area contributed by atoms with Crippen molar-refractivity contribution in [3.63, 3.8) is 0 Å². The van der Waals surface area contributed by atoms with Crippen LogP contribution in [0, 0.1) is 0 Å². The number of ether oxygens (including phenoxy) is 1. The van der Waals surface area contributed by atoms with E-state index in [-0.39, 0.29) is 5.13 Å². The Morgan fingerprint density at radius 3 is 2.81 bits per heavy atom. The monoisotopic (exact) mass is 330 g/mol. The van der Waals surface area contributed by atoms with Gasteiger partial charge >= 0.3 is 16.3 Å². The SMILES string of the molecule is CC(C)OC(=O)NS(=O)(=O)Nc1nc2ccc(N)cc2s1. The minimum absolute atomic E-state index is 0.125. The van der Waals surface area contributed by atoms with E-state index in [0.29, 0.717) is 11.2 Å². The third kappa shape index (κ3) is 4.20. The molecule has 0 aliphatic carbocycles. The first-order valence-electron chi connectivity index (χ1n) is 5.92. The van der Waals surface area contributed by atoms with Crippen LogP contribution in [0.15, 0.2) is 18.2 Å². The second-order valence-electron chi connectivity index (χ2n) is 4.41. The van der Waals surface area contributed by atoms with E-state index in [1.54, 1.807) is 36.8 Å². The molecule has 0 fully saturated rings. The fraction of sp³-hybridized carbons (Fsp3) is 0.273. The molecule has 4 N–H and O–H groups in total. The lowest BCUT2D eigenvalue weighted by Crippen LogP contribution is -2.36. The number of fused-ring (bicyclic) bond motifs is 1. The summed E-state index contributed by atoms with van der Waals surface area (Å²) < 4.78 is 32.8. The molecule has 2 rings (SSSR count). The van der Waals surface area contributed by atoms with E-state index in [1.165, 1.54) is 0 Å². The van der Waals surface area contributed by atoms with Crippen LogP contribution in [0.3, 0.4) is 0 Å². The normalized spacial score (nSPS) is 11.6. The predicted molar refractivity (Wildman–Crippen MR) is 81.3 cm³/mol. The third-order valence-electron chi connectivity index (χ3n) is 2.19. The number of carbonyl (C=O) groups is 1. The van der Waals surface area contributed by atoms with Gasteiger partial charge in [0.1, 0.15) is 0 Å². The fourth-order valence-electron chi connectivity index (χ4n) is 1.47. The Balaban J connectivity index is 2.13. The number of aromatic nitrogens is 1. The van der Waals surface area contributed by atoms with Crippen molar-refractivity contribution in [2.75, 3.05) is 10.5 Å². The van der Waals surface area contributed by atoms with Gasteiger partial charge in [0.25, 0.3) is 0 Å². The average Bonchev–Trinajstić information content (AvgIpc) is 2.66. The molecule has 0 atom stereocenters. The van der Waals surface area contributed by atoms with Gasteiger partial charge in [-0.3, -0.25) is 0 Å². The van der Waals surface area contributed by atoms with Gasteiger partial charge in [-0.25, -0.2) is 19.2 Å². The maximum atomic E-state index is 11.8. The van der Waals surface area contributed by atoms with Crippen molar-refractivity contribution in [1.82, 2.24) is 9.71 Å². The zero-order valence-electron chi connectivity index (χ0n) is 11.3. The van der Waals surface area contributed by atoms with Gasteiger partial charge in [-0.1, -0.05) is 11.3 Å². The molecule has 0 aliphatic rings. The highest BCUT2D eigenvalue weighted by molar-refractivity contribution is 7.91. The van der Waals surface area contributed by atoms with Gasteiger partial charge < -0.3 is 10.5 Å². The Labute approximate surface area is 125 Å². The number of thiazole rings is 1. The van der Waals surface area contributed by atoms with E-state index in [4.69, 9.17) is 10.5 Å². The zero-order chi connectivity index (χ0) is 15.6. The lowest BCUT2D eigenvalue weighted by molar-refractivity contribution is 0.121. The molecule has 0 saturated carbocycles. The summed E-state index contributed by atoms with van der Waals surface area (Å²) in [6.45, 7) is 3.22. The minimum atomic E-state index is -4.10. The smallest absolute Gasteiger partial charge is 0.422 e. The van der Waals surface area contributed by atoms with Gasteiger partial charge in [0.15, 0.2) is 5.13 Å². The van der Waals surface area contributed by atoms with Crippen LogP contribution in [0.2, 0.25) is 0 Å². The highest BCUT2D eigenvalue weighted by Gasteiger charge is 2.18. The zero-order valence-corrected chi connectivity index (χ0v) is 12.9. The number of nitrogens with one attached hydrogen (secondary N) is 2. The molecule has 0 bridgehead atoms. The van der Waals surface area contributed by atoms with Gasteiger partial charge in [-0.15, -0.1) is 0 Å². The summed E-state index contributed by atoms with van der Waals surface area (Å²) in [6.07, 6.45) is -1.48. The van der Waals surface area contributed by atoms with Crippen LogP contribution >= 0.6 is 11.3 Å². The quantitative estimate of drug-likeness (QED) is 0.733. The van der Waals surface area contributed by atoms with Gasteiger partial charge in [0, 0.05) is 5.69 Å². The summed E-state index contributed by atoms with van der Waals surface area (Å²) in [7, 11) is -4.10. The Kier molecular flexibility index (Phi) is 4.19. The second-order valence-corrected chi connectivity index (χ2v) is 6.85. The Bertz CT molecular complexity index is 770. The Hall–Kier alpha value is -2.07. The molecule has 0 saturated heterocycles. The number of nitrogens with two attached hydrogens (primary N) is 1. The van der Waals surface area contributed by atoms with E-state index in [0.717, 1.165) is 16.0 Å². The number of rotatable bonds is 4. The minimum Gasteiger partial charge on any atom is -0.446 e. The van der Waals surface area contributed by atoms with Gasteiger partial charge in [0.2, 0.25) is 0 Å². The highest BCUT2D eigenvalue weighted by Crippen LogP contribution is 2.27. The largest absolute Gasteiger partial charge is 0.446 e. The van der Waals surface area contributed by atoms with E-state index >= 15 is 0 Å². The molecule has 1 heterocycles. The molecule has 1 aromatic carbocycles. The van der Waals surface area contributed by atoms with Crippen LogP contribution < -0.4 is 15.2 Å². The molecule has 8 nitrogen and oxygen atoms in total. The number of benzene rings is 1. The van der Waals surface area contributed by atoms with Crippen LogP contribution in [-0.2, 0) is 14.9 Å². The third-order valence-corrected chi connectivity index (χ3v) is 4.15. The molecular weight excluding hydrogens is 316 g/mol. The van der Waals surface area contributed by atoms with E-state index in [1.807, 2.05) is 0 Å². The van der Waals surface area contributed by atoms with E-state index in [2.05, 4.69) is 9.71 Å². The van der Waals surface area contributed by atoms with Gasteiger partial charge in [-0.05, 0) is 32.0 Å². The molecule has 1 aromatic heterocycles. The van der Waals surface area contributed by atoms with Crippen LogP contribution in [0.5, 0.6) is 0 Å². The average molecular weight is 330 g/mol. The number of nitrogens with zero attached hydrogens (tertiary/aromatic N) is 1. The lowest BCUT2D eigenvalue weighted by Gasteiger charge is -2.09. The fourth-order valence-corrected chi connectivity index (χ4v) is 3.33. The molecule has 0 aliphatic heterocycles. The second kappa shape index (κ2) is 5.74. The van der Waals surface area contributed by atoms with E-state index in [9.17, 15) is 13.2 Å². The number of anilines is 2. The van der Waals surface area contributed by atoms with Crippen molar-refractivity contribution < 1.29 is 17.9 Å². The van der Waals surface area contributed by atoms with Gasteiger partial charge in [-0.2, -0.15) is 8.42 Å². The number of amides is 1. The number of hydrogen-bond donors (Lipinski definition) is 3. The van der Waals surface area contributed by atoms with Crippen molar-refractivity contribution in [3.05, 3.63) is 18.2 Å². The van der Waals surface area contributed by atoms with Crippen molar-refractivity contribution in [3.8, 4) is 0 Å². The molecule has 0 spiro atoms. The Morgan fingerprint density at radius 2 is 2.14 bits per heavy atom. The van der Waals surface area contributed by atoms with Crippen molar-refractivity contribution in [2.24, 2.45) is 0 Å². The molecule has 10 heteroatoms. The molecule has 0 radical (unpaired) electrons. The molecule has 21 heavy (non-hydrogen) atoms. The summed E-state index contributed by atoms with van der Waals surface area (Å²) in [6, 6.07) is 5.03. The summed E-state index contributed by atoms with van der Waals surface area (Å²) in [5.41, 5.74) is 6.80. The van der Waals surface area contributed by atoms with Crippen LogP contribution in [0.4, 0.5) is 15.6 Å². The molecule has 114 valence electrons. The topological polar surface area (TPSA) is 123 Å². The number of nitrogen functional groups attached to an aromatic ring is 1. The molecule has 1 amide bonds. The number of hydrogen-bond acceptors (Lipinski definition) is 7. The van der Waals surface area contributed by atoms with E-state index < -0.39 is 22.4 Å². The summed E-state index contributed by atoms with van der Waals surface area (Å²) in [5, 5.41) is 0.125. The van der Waals surface area contributed by atoms with Crippen LogP contribution in [0.25, 0.3) is 10.2 Å². The summed E-state index contributed by atoms with van der Waals surface area (Å²) in [4.78, 5) is 15.4. The van der Waals surface area contributed by atoms with Crippen molar-refractivity contribution >= 4 is 48.7 Å². The summed E-state index contributed by atoms with van der Waals surface area (Å²) in [5.74, 6) is 0. The summed E-state index contributed by atoms with van der Waals surface area (Å²) >= 11 is 1.11. The molecular formula is C11H14N4O4S2. The highest BCUT2D eigenvalue weighted by atomic mass is 32.2. The lowest BCUT2D eigenvalue weighted by atomic mass is 10.3. The van der Waals surface area contributed by atoms with Crippen LogP contribution in [0.1, 0.15) is 13.8 Å². The van der Waals surface area contributed by atoms with Gasteiger partial charge in [0.05, 0.1) is 16.3 Å². The first kappa shape index (κ1) is 15.3. The Morgan fingerprint density at radius 1 is 1.43 bits per heavy atom. The van der Waals surface area contributed by atoms with Crippen LogP contribution in [-0.4, -0.2) is 25.6 Å². The molecule has 2 aromatic rings. The van der Waals surface area contributed by atoms with Crippen molar-refractivity contribution in [1.29, 1.82) is 0 Å². The molecule has 0 unspecified atom stereocenters.